The van der Waals surface area contributed by atoms with Crippen LogP contribution >= 0.6 is 50.2 Å². The lowest BCUT2D eigenvalue weighted by atomic mass is 10.2. The van der Waals surface area contributed by atoms with Crippen LogP contribution in [0.4, 0.5) is 5.69 Å². The zero-order chi connectivity index (χ0) is 16.4. The van der Waals surface area contributed by atoms with Gasteiger partial charge in [0.1, 0.15) is 10.2 Å². The third-order valence-electron chi connectivity index (χ3n) is 3.26. The van der Waals surface area contributed by atoms with Crippen LogP contribution in [0.2, 0.25) is 5.15 Å². The third kappa shape index (κ3) is 3.75. The number of fused-ring (bicyclic) bond motifs is 1. The fraction of sp³-hybridized carbons (Fsp3) is 0.200. The van der Waals surface area contributed by atoms with Crippen molar-refractivity contribution in [2.24, 2.45) is 5.73 Å². The largest absolute Gasteiger partial charge is 0.377 e. The van der Waals surface area contributed by atoms with E-state index in [0.29, 0.717) is 18.1 Å². The summed E-state index contributed by atoms with van der Waals surface area (Å²) in [6.45, 7) is 4.40. The minimum atomic E-state index is -0.0819. The maximum Gasteiger partial charge on any atom is 0.131 e. The highest BCUT2D eigenvalue weighted by molar-refractivity contribution is 9.10. The maximum atomic E-state index is 6.18. The molecule has 0 radical (unpaired) electrons. The molecule has 0 aliphatic heterocycles. The van der Waals surface area contributed by atoms with E-state index in [1.807, 2.05) is 11.4 Å². The van der Waals surface area contributed by atoms with Crippen molar-refractivity contribution in [1.82, 2.24) is 9.97 Å². The van der Waals surface area contributed by atoms with Crippen molar-refractivity contribution in [3.05, 3.63) is 49.8 Å². The van der Waals surface area contributed by atoms with Crippen LogP contribution in [0, 0.1) is 0 Å². The number of thiazole rings is 1. The highest BCUT2D eigenvalue weighted by Gasteiger charge is 2.17. The highest BCUT2D eigenvalue weighted by Crippen LogP contribution is 2.40. The molecule has 3 heterocycles. The molecule has 0 aromatic carbocycles. The van der Waals surface area contributed by atoms with Gasteiger partial charge >= 0.3 is 0 Å². The van der Waals surface area contributed by atoms with Gasteiger partial charge in [0.25, 0.3) is 0 Å². The smallest absolute Gasteiger partial charge is 0.131 e. The van der Waals surface area contributed by atoms with Gasteiger partial charge in [-0.1, -0.05) is 17.7 Å². The number of aromatic nitrogens is 2. The molecule has 3 N–H and O–H groups in total. The van der Waals surface area contributed by atoms with Gasteiger partial charge in [-0.15, -0.1) is 29.3 Å². The minimum Gasteiger partial charge on any atom is -0.377 e. The zero-order valence-corrected chi connectivity index (χ0v) is 16.0. The Morgan fingerprint density at radius 2 is 2.35 bits per heavy atom. The van der Waals surface area contributed by atoms with E-state index in [2.05, 4.69) is 37.8 Å². The van der Waals surface area contributed by atoms with Crippen LogP contribution in [0.3, 0.4) is 0 Å². The summed E-state index contributed by atoms with van der Waals surface area (Å²) in [6, 6.07) is 1.76. The predicted molar refractivity (Wildman–Crippen MR) is 104 cm³/mol. The number of nitrogens with one attached hydrogen (secondary N) is 1. The van der Waals surface area contributed by atoms with Crippen LogP contribution in [0.25, 0.3) is 10.2 Å². The van der Waals surface area contributed by atoms with Crippen LogP contribution in [0.1, 0.15) is 9.88 Å². The van der Waals surface area contributed by atoms with Gasteiger partial charge in [0.2, 0.25) is 0 Å². The number of halogens is 2. The lowest BCUT2D eigenvalue weighted by Gasteiger charge is -2.06. The molecule has 8 heteroatoms. The summed E-state index contributed by atoms with van der Waals surface area (Å²) < 4.78 is 2.01. The molecule has 120 valence electrons. The molecule has 23 heavy (non-hydrogen) atoms. The summed E-state index contributed by atoms with van der Waals surface area (Å²) in [4.78, 5) is 9.86. The second-order valence-electron chi connectivity index (χ2n) is 4.89. The van der Waals surface area contributed by atoms with Crippen molar-refractivity contribution in [3.8, 4) is 0 Å². The molecule has 0 amide bonds. The summed E-state index contributed by atoms with van der Waals surface area (Å²) in [5.41, 5.74) is 7.80. The second kappa shape index (κ2) is 7.27. The van der Waals surface area contributed by atoms with Gasteiger partial charge in [0.15, 0.2) is 0 Å². The number of hydrogen-bond donors (Lipinski definition) is 2. The van der Waals surface area contributed by atoms with Gasteiger partial charge in [0.05, 0.1) is 26.9 Å². The minimum absolute atomic E-state index is 0.0819. The van der Waals surface area contributed by atoms with Gasteiger partial charge in [-0.2, -0.15) is 0 Å². The first-order valence-electron chi connectivity index (χ1n) is 6.86. The first kappa shape index (κ1) is 16.9. The Hall–Kier alpha value is -0.990. The monoisotopic (exact) mass is 428 g/mol. The van der Waals surface area contributed by atoms with Crippen molar-refractivity contribution in [1.29, 1.82) is 0 Å². The Balaban J connectivity index is 1.96. The Bertz CT molecular complexity index is 832. The van der Waals surface area contributed by atoms with Crippen molar-refractivity contribution < 1.29 is 0 Å². The van der Waals surface area contributed by atoms with Crippen LogP contribution < -0.4 is 11.1 Å². The molecule has 4 nitrogen and oxygen atoms in total. The van der Waals surface area contributed by atoms with E-state index in [-0.39, 0.29) is 6.04 Å². The molecule has 0 fully saturated rings. The summed E-state index contributed by atoms with van der Waals surface area (Å²) in [6.07, 6.45) is 4.26. The van der Waals surface area contributed by atoms with Gasteiger partial charge in [-0.05, 0) is 15.9 Å². The Kier molecular flexibility index (Phi) is 5.33. The highest BCUT2D eigenvalue weighted by atomic mass is 79.9. The molecule has 0 saturated carbocycles. The number of nitrogens with two attached hydrogens (primary N) is 1. The van der Waals surface area contributed by atoms with Crippen molar-refractivity contribution in [2.75, 3.05) is 5.32 Å². The van der Waals surface area contributed by atoms with E-state index in [1.54, 1.807) is 34.9 Å². The van der Waals surface area contributed by atoms with Gasteiger partial charge < -0.3 is 11.1 Å². The van der Waals surface area contributed by atoms with Gasteiger partial charge in [-0.25, -0.2) is 9.97 Å². The molecule has 1 atom stereocenters. The number of nitrogens with zero attached hydrogens (tertiary/aromatic N) is 2. The van der Waals surface area contributed by atoms with E-state index in [9.17, 15) is 0 Å². The van der Waals surface area contributed by atoms with Crippen molar-refractivity contribution in [2.45, 2.75) is 19.0 Å². The van der Waals surface area contributed by atoms with E-state index in [4.69, 9.17) is 17.3 Å². The van der Waals surface area contributed by atoms with E-state index < -0.39 is 0 Å². The standard InChI is InChI=1S/C15H14BrClN4S2/c1-2-8(18)5-10-13(16)14-15(23-10)9(6-11(17)21-14)20-7-12-19-3-4-22-12/h2-4,6,8H,1,5,7,18H2,(H,20,21)/t8-/m0/s1. The fourth-order valence-corrected chi connectivity index (χ4v) is 4.89. The first-order valence-corrected chi connectivity index (χ1v) is 9.73. The summed E-state index contributed by atoms with van der Waals surface area (Å²) >= 11 is 13.1. The lowest BCUT2D eigenvalue weighted by molar-refractivity contribution is 0.821. The van der Waals surface area contributed by atoms with Crippen LogP contribution in [-0.4, -0.2) is 16.0 Å². The summed E-state index contributed by atoms with van der Waals surface area (Å²) in [5.74, 6) is 0. The molecule has 0 aliphatic carbocycles. The fourth-order valence-electron chi connectivity index (χ4n) is 2.13. The van der Waals surface area contributed by atoms with E-state index in [1.165, 1.54) is 0 Å². The summed E-state index contributed by atoms with van der Waals surface area (Å²) in [7, 11) is 0. The predicted octanol–water partition coefficient (Wildman–Crippen LogP) is 4.84. The third-order valence-corrected chi connectivity index (χ3v) is 6.58. The zero-order valence-electron chi connectivity index (χ0n) is 12.1. The topological polar surface area (TPSA) is 63.8 Å². The van der Waals surface area contributed by atoms with Gasteiger partial charge in [-0.3, -0.25) is 0 Å². The number of thiophene rings is 1. The molecule has 0 aliphatic rings. The molecular weight excluding hydrogens is 416 g/mol. The van der Waals surface area contributed by atoms with Crippen LogP contribution in [-0.2, 0) is 13.0 Å². The Morgan fingerprint density at radius 3 is 3.04 bits per heavy atom. The van der Waals surface area contributed by atoms with E-state index in [0.717, 1.165) is 30.3 Å². The average Bonchev–Trinajstić information content (AvgIpc) is 3.15. The number of rotatable bonds is 6. The lowest BCUT2D eigenvalue weighted by Crippen LogP contribution is -2.18. The van der Waals surface area contributed by atoms with E-state index >= 15 is 0 Å². The second-order valence-corrected chi connectivity index (χ2v) is 8.16. The van der Waals surface area contributed by atoms with Crippen molar-refractivity contribution in [3.63, 3.8) is 0 Å². The quantitative estimate of drug-likeness (QED) is 0.435. The molecule has 3 aromatic rings. The van der Waals surface area contributed by atoms with Crippen molar-refractivity contribution >= 4 is 66.1 Å². The molecule has 0 spiro atoms. The van der Waals surface area contributed by atoms with Crippen LogP contribution in [0.15, 0.2) is 34.8 Å². The number of hydrogen-bond acceptors (Lipinski definition) is 6. The Labute approximate surface area is 155 Å². The molecule has 0 saturated heterocycles. The Morgan fingerprint density at radius 1 is 1.52 bits per heavy atom. The number of anilines is 1. The normalized spacial score (nSPS) is 12.5. The first-order chi connectivity index (χ1) is 11.1. The SMILES string of the molecule is C=C[C@H](N)Cc1sc2c(NCc3nccs3)cc(Cl)nc2c1Br. The summed E-state index contributed by atoms with van der Waals surface area (Å²) in [5, 5.41) is 6.84. The molecular formula is C15H14BrClN4S2. The molecule has 3 aromatic heterocycles. The number of pyridine rings is 1. The molecule has 0 unspecified atom stereocenters. The average molecular weight is 430 g/mol. The van der Waals surface area contributed by atoms with Gasteiger partial charge in [0, 0.05) is 35.0 Å². The maximum absolute atomic E-state index is 6.18. The van der Waals surface area contributed by atoms with Crippen LogP contribution in [0.5, 0.6) is 0 Å². The molecule has 3 rings (SSSR count). The molecule has 0 bridgehead atoms.